The Labute approximate surface area is 505 Å². The molecule has 0 N–H and O–H groups in total. The van der Waals surface area contributed by atoms with E-state index in [4.69, 9.17) is 53.9 Å². The van der Waals surface area contributed by atoms with Crippen molar-refractivity contribution in [3.8, 4) is 29.1 Å². The lowest BCUT2D eigenvalue weighted by Gasteiger charge is -2.26. The Kier molecular flexibility index (Phi) is 26.0. The van der Waals surface area contributed by atoms with Crippen LogP contribution in [0, 0.1) is 41.6 Å². The number of carbonyl (C=O) groups excluding carboxylic acids is 10. The fraction of sp³-hybridized carbons (Fsp3) is 0.419. The summed E-state index contributed by atoms with van der Waals surface area (Å²) in [6, 6.07) is 18.3. The maximum absolute atomic E-state index is 13.7. The minimum Gasteiger partial charge on any atom is -0.465 e. The second-order valence-corrected chi connectivity index (χ2v) is 22.4. The van der Waals surface area contributed by atoms with Crippen molar-refractivity contribution in [2.75, 3.05) is 39.6 Å². The van der Waals surface area contributed by atoms with E-state index in [1.165, 1.54) is 26.0 Å². The standard InChI is InChI=1S/C62H64N2O20S2/c1-37(2)56(69)79-34-32-77-52(67)26-24-50(65)75-30-28-39-6-18-45(19-7-39)81-58(71)41-10-14-43(15-11-41)60(73)83-48-22-23-49(55-54(48)85-62(86-55)47(36-63)64-5)84-61(74)44-16-12-42(13-17-44)59(72)82-46-20-8-40(9-21-46)29-31-76-51(66)25-27-53(68)78-33-35-80-57(70)38(3)4/h6-9,18-23,41-44H,1,3,10-17,24-35H2,2,4H3. The molecule has 1 heterocycles. The first kappa shape index (κ1) is 66.4. The van der Waals surface area contributed by atoms with Gasteiger partial charge in [0.2, 0.25) is 0 Å². The van der Waals surface area contributed by atoms with Gasteiger partial charge in [-0.3, -0.25) is 38.4 Å². The zero-order valence-electron chi connectivity index (χ0n) is 47.5. The Balaban J connectivity index is 0.894. The van der Waals surface area contributed by atoms with Gasteiger partial charge in [-0.25, -0.2) is 19.7 Å². The van der Waals surface area contributed by atoms with Gasteiger partial charge in [-0.15, -0.1) is 0 Å². The minimum atomic E-state index is -0.638. The van der Waals surface area contributed by atoms with E-state index in [0.717, 1.165) is 34.7 Å². The molecule has 3 aliphatic rings. The fourth-order valence-electron chi connectivity index (χ4n) is 8.75. The molecule has 0 spiro atoms. The molecule has 2 saturated carbocycles. The first-order chi connectivity index (χ1) is 41.3. The number of carbonyl (C=O) groups is 10. The lowest BCUT2D eigenvalue weighted by molar-refractivity contribution is -0.153. The van der Waals surface area contributed by atoms with E-state index in [-0.39, 0.29) is 93.7 Å². The fourth-order valence-corrected chi connectivity index (χ4v) is 11.2. The van der Waals surface area contributed by atoms with Crippen LogP contribution in [-0.2, 0) is 89.2 Å². The van der Waals surface area contributed by atoms with E-state index < -0.39 is 83.4 Å². The maximum Gasteiger partial charge on any atom is 0.333 e. The summed E-state index contributed by atoms with van der Waals surface area (Å²) in [6.07, 6.45) is 2.77. The molecule has 0 radical (unpaired) electrons. The Morgan fingerprint density at radius 3 is 1.08 bits per heavy atom. The van der Waals surface area contributed by atoms with Crippen LogP contribution in [0.25, 0.3) is 4.85 Å². The molecule has 0 amide bonds. The first-order valence-corrected chi connectivity index (χ1v) is 29.3. The van der Waals surface area contributed by atoms with Crippen molar-refractivity contribution in [1.82, 2.24) is 0 Å². The number of hydrogen-bond acceptors (Lipinski definition) is 23. The molecule has 0 atom stereocenters. The highest BCUT2D eigenvalue weighted by atomic mass is 32.2. The van der Waals surface area contributed by atoms with Crippen LogP contribution in [0.4, 0.5) is 0 Å². The van der Waals surface area contributed by atoms with Crippen LogP contribution in [-0.4, -0.2) is 99.3 Å². The molecule has 2 aliphatic carbocycles. The van der Waals surface area contributed by atoms with E-state index in [0.29, 0.717) is 89.7 Å². The molecule has 6 rings (SSSR count). The van der Waals surface area contributed by atoms with Gasteiger partial charge >= 0.3 is 59.7 Å². The molecule has 22 nitrogen and oxygen atoms in total. The minimum absolute atomic E-state index is 0.0516. The predicted octanol–water partition coefficient (Wildman–Crippen LogP) is 9.19. The van der Waals surface area contributed by atoms with Crippen LogP contribution >= 0.6 is 23.5 Å². The molecule has 0 saturated heterocycles. The van der Waals surface area contributed by atoms with Crippen molar-refractivity contribution < 1.29 is 95.3 Å². The molecule has 1 aliphatic heterocycles. The van der Waals surface area contributed by atoms with Crippen molar-refractivity contribution in [3.05, 3.63) is 117 Å². The second kappa shape index (κ2) is 33.7. The maximum atomic E-state index is 13.7. The molecule has 0 aromatic heterocycles. The van der Waals surface area contributed by atoms with Crippen molar-refractivity contribution in [2.24, 2.45) is 23.7 Å². The Bertz CT molecular complexity index is 2950. The van der Waals surface area contributed by atoms with Gasteiger partial charge in [-0.05, 0) is 113 Å². The number of nitrogens with zero attached hydrogens (tertiary/aromatic N) is 2. The Morgan fingerprint density at radius 1 is 0.477 bits per heavy atom. The van der Waals surface area contributed by atoms with Crippen LogP contribution in [0.15, 0.2) is 105 Å². The Hall–Kier alpha value is -8.74. The SMILES string of the molecule is [C-]#[N+]C(C#N)=C1Sc2c(OC(=O)C3CCC(C(=O)Oc4ccc(CCOC(=O)CCC(=O)OCCOC(=O)C(=C)C)cc4)CC3)ccc(OC(=O)C3CCC(C(=O)Oc4ccc(CCOC(=O)CCC(=O)OCCOC(=O)C(=C)C)cc4)CC3)c2S1. The molecular formula is C62H64N2O20S2. The zero-order valence-corrected chi connectivity index (χ0v) is 49.1. The third-order valence-corrected chi connectivity index (χ3v) is 16.2. The number of thioether (sulfide) groups is 2. The van der Waals surface area contributed by atoms with Gasteiger partial charge in [0.25, 0.3) is 5.70 Å². The Morgan fingerprint density at radius 2 is 0.779 bits per heavy atom. The van der Waals surface area contributed by atoms with Crippen molar-refractivity contribution in [2.45, 2.75) is 114 Å². The number of fused-ring (bicyclic) bond motifs is 1. The average Bonchev–Trinajstić information content (AvgIpc) is 4.12. The van der Waals surface area contributed by atoms with Crippen LogP contribution in [0.3, 0.4) is 0 Å². The summed E-state index contributed by atoms with van der Waals surface area (Å²) in [5.74, 6) is -6.69. The third-order valence-electron chi connectivity index (χ3n) is 13.6. The second-order valence-electron chi connectivity index (χ2n) is 20.1. The van der Waals surface area contributed by atoms with Gasteiger partial charge in [-0.1, -0.05) is 60.9 Å². The molecular weight excluding hydrogens is 1160 g/mol. The first-order valence-electron chi connectivity index (χ1n) is 27.7. The lowest BCUT2D eigenvalue weighted by Crippen LogP contribution is -2.30. The monoisotopic (exact) mass is 1220 g/mol. The average molecular weight is 1220 g/mol. The quantitative estimate of drug-likeness (QED) is 0.0124. The van der Waals surface area contributed by atoms with E-state index in [1.54, 1.807) is 48.5 Å². The summed E-state index contributed by atoms with van der Waals surface area (Å²) >= 11 is 2.11. The summed E-state index contributed by atoms with van der Waals surface area (Å²) < 4.78 is 53.5. The van der Waals surface area contributed by atoms with Crippen LogP contribution in [0.5, 0.6) is 23.0 Å². The van der Waals surface area contributed by atoms with Gasteiger partial charge in [-0.2, -0.15) is 0 Å². The summed E-state index contributed by atoms with van der Waals surface area (Å²) in [6.45, 7) is 17.0. The summed E-state index contributed by atoms with van der Waals surface area (Å²) in [5, 5.41) is 9.71. The molecule has 3 aromatic carbocycles. The molecule has 0 bridgehead atoms. The van der Waals surface area contributed by atoms with E-state index in [2.05, 4.69) is 18.0 Å². The number of ether oxygens (including phenoxy) is 10. The zero-order chi connectivity index (χ0) is 62.1. The molecule has 2 fully saturated rings. The summed E-state index contributed by atoms with van der Waals surface area (Å²) in [4.78, 5) is 129. The molecule has 24 heteroatoms. The third kappa shape index (κ3) is 21.1. The molecule has 0 unspecified atom stereocenters. The lowest BCUT2D eigenvalue weighted by atomic mass is 9.82. The number of benzene rings is 3. The van der Waals surface area contributed by atoms with Crippen molar-refractivity contribution >= 4 is 83.2 Å². The number of nitriles is 1. The van der Waals surface area contributed by atoms with Gasteiger partial charge < -0.3 is 47.4 Å². The van der Waals surface area contributed by atoms with Gasteiger partial charge in [0.1, 0.15) is 49.4 Å². The van der Waals surface area contributed by atoms with Gasteiger partial charge in [0.05, 0.1) is 89.2 Å². The highest BCUT2D eigenvalue weighted by molar-refractivity contribution is 8.24. The normalized spacial score (nSPS) is 16.6. The highest BCUT2D eigenvalue weighted by Gasteiger charge is 2.37. The molecule has 454 valence electrons. The number of hydrogen-bond donors (Lipinski definition) is 0. The number of rotatable bonds is 28. The van der Waals surface area contributed by atoms with Crippen LogP contribution < -0.4 is 18.9 Å². The number of esters is 10. The largest absolute Gasteiger partial charge is 0.465 e. The topological polar surface area (TPSA) is 291 Å². The number of allylic oxidation sites excluding steroid dienone is 1. The van der Waals surface area contributed by atoms with Gasteiger partial charge in [0, 0.05) is 24.0 Å². The molecule has 3 aromatic rings. The highest BCUT2D eigenvalue weighted by Crippen LogP contribution is 2.59. The van der Waals surface area contributed by atoms with E-state index in [9.17, 15) is 53.2 Å². The van der Waals surface area contributed by atoms with Gasteiger partial charge in [0.15, 0.2) is 0 Å². The molecule has 86 heavy (non-hydrogen) atoms. The predicted molar refractivity (Wildman–Crippen MR) is 305 cm³/mol. The van der Waals surface area contributed by atoms with Crippen molar-refractivity contribution in [3.63, 3.8) is 0 Å². The van der Waals surface area contributed by atoms with Crippen LogP contribution in [0.1, 0.15) is 102 Å². The summed E-state index contributed by atoms with van der Waals surface area (Å²) in [7, 11) is 0. The summed E-state index contributed by atoms with van der Waals surface area (Å²) in [5.41, 5.74) is 1.86. The van der Waals surface area contributed by atoms with Crippen LogP contribution in [0.2, 0.25) is 0 Å². The van der Waals surface area contributed by atoms with E-state index >= 15 is 0 Å². The smallest absolute Gasteiger partial charge is 0.333 e. The van der Waals surface area contributed by atoms with E-state index in [1.807, 2.05) is 6.07 Å². The van der Waals surface area contributed by atoms with Crippen molar-refractivity contribution in [1.29, 1.82) is 5.26 Å².